The average Bonchev–Trinajstić information content (AvgIpc) is 2.67. The second-order valence-corrected chi connectivity index (χ2v) is 4.29. The Morgan fingerprint density at radius 3 is 2.54 bits per heavy atom. The summed E-state index contributed by atoms with van der Waals surface area (Å²) in [5.74, 6) is 0.00171. The summed E-state index contributed by atoms with van der Waals surface area (Å²) in [6, 6.07) is 0.170. The van der Waals surface area contributed by atoms with Crippen LogP contribution in [0.4, 0.5) is 0 Å². The van der Waals surface area contributed by atoms with E-state index in [9.17, 15) is 4.79 Å². The van der Waals surface area contributed by atoms with Gasteiger partial charge in [0.15, 0.2) is 0 Å². The van der Waals surface area contributed by atoms with Gasteiger partial charge in [-0.05, 0) is 33.9 Å². The Labute approximate surface area is 79.5 Å². The number of carbonyl (C=O) groups is 1. The first-order valence-corrected chi connectivity index (χ1v) is 4.68. The second kappa shape index (κ2) is 3.64. The summed E-state index contributed by atoms with van der Waals surface area (Å²) >= 11 is 0. The van der Waals surface area contributed by atoms with Crippen LogP contribution in [0.1, 0.15) is 19.8 Å². The van der Waals surface area contributed by atoms with Gasteiger partial charge in [-0.1, -0.05) is 0 Å². The number of rotatable bonds is 4. The van der Waals surface area contributed by atoms with Crippen LogP contribution in [0.3, 0.4) is 0 Å². The van der Waals surface area contributed by atoms with Crippen LogP contribution in [0, 0.1) is 0 Å². The van der Waals surface area contributed by atoms with Gasteiger partial charge in [0.05, 0.1) is 5.54 Å². The Bertz CT molecular complexity index is 199. The lowest BCUT2D eigenvalue weighted by Gasteiger charge is -2.20. The zero-order valence-corrected chi connectivity index (χ0v) is 8.63. The Morgan fingerprint density at radius 2 is 2.15 bits per heavy atom. The molecule has 1 aliphatic rings. The predicted octanol–water partition coefficient (Wildman–Crippen LogP) is -0.456. The minimum atomic E-state index is -0.541. The molecule has 1 rings (SSSR count). The maximum atomic E-state index is 11.5. The Kier molecular flexibility index (Phi) is 2.93. The van der Waals surface area contributed by atoms with E-state index in [0.29, 0.717) is 0 Å². The van der Waals surface area contributed by atoms with Gasteiger partial charge in [-0.3, -0.25) is 4.79 Å². The molecule has 0 spiro atoms. The molecule has 4 heteroatoms. The molecule has 3 N–H and O–H groups in total. The van der Waals surface area contributed by atoms with E-state index >= 15 is 0 Å². The average molecular weight is 185 g/mol. The molecule has 0 bridgehead atoms. The molecule has 1 fully saturated rings. The molecule has 0 saturated heterocycles. The molecule has 0 aliphatic heterocycles. The van der Waals surface area contributed by atoms with Crippen molar-refractivity contribution < 1.29 is 4.79 Å². The third kappa shape index (κ3) is 2.97. The van der Waals surface area contributed by atoms with Gasteiger partial charge >= 0.3 is 0 Å². The van der Waals surface area contributed by atoms with E-state index in [0.717, 1.165) is 19.4 Å². The van der Waals surface area contributed by atoms with E-state index in [1.165, 1.54) is 0 Å². The number of hydrogen-bond acceptors (Lipinski definition) is 3. The third-order valence-electron chi connectivity index (χ3n) is 2.26. The van der Waals surface area contributed by atoms with Crippen molar-refractivity contribution in [2.24, 2.45) is 5.73 Å². The molecule has 76 valence electrons. The topological polar surface area (TPSA) is 58.4 Å². The highest BCUT2D eigenvalue weighted by molar-refractivity contribution is 5.89. The van der Waals surface area contributed by atoms with Gasteiger partial charge in [0.2, 0.25) is 5.91 Å². The van der Waals surface area contributed by atoms with Crippen molar-refractivity contribution in [1.82, 2.24) is 10.2 Å². The van der Waals surface area contributed by atoms with Crippen molar-refractivity contribution in [3.8, 4) is 0 Å². The smallest absolute Gasteiger partial charge is 0.240 e. The van der Waals surface area contributed by atoms with Gasteiger partial charge < -0.3 is 16.0 Å². The SMILES string of the molecule is CC(CN(C)C)NC(=O)C1(N)CC1. The molecule has 0 aromatic heterocycles. The van der Waals surface area contributed by atoms with Crippen molar-refractivity contribution in [3.05, 3.63) is 0 Å². The number of hydrogen-bond donors (Lipinski definition) is 2. The maximum absolute atomic E-state index is 11.5. The van der Waals surface area contributed by atoms with Crippen LogP contribution in [0.15, 0.2) is 0 Å². The molecule has 4 nitrogen and oxygen atoms in total. The molecule has 1 amide bonds. The normalized spacial score (nSPS) is 21.3. The first-order chi connectivity index (χ1) is 5.94. The lowest BCUT2D eigenvalue weighted by atomic mass is 10.2. The standard InChI is InChI=1S/C9H19N3O/c1-7(6-12(2)3)11-8(13)9(10)4-5-9/h7H,4-6,10H2,1-3H3,(H,11,13). The van der Waals surface area contributed by atoms with Crippen molar-refractivity contribution in [3.63, 3.8) is 0 Å². The fourth-order valence-electron chi connectivity index (χ4n) is 1.32. The van der Waals surface area contributed by atoms with Crippen LogP contribution < -0.4 is 11.1 Å². The molecular formula is C9H19N3O. The van der Waals surface area contributed by atoms with Crippen LogP contribution in [0.5, 0.6) is 0 Å². The van der Waals surface area contributed by atoms with Crippen LogP contribution >= 0.6 is 0 Å². The van der Waals surface area contributed by atoms with E-state index in [1.807, 2.05) is 25.9 Å². The third-order valence-corrected chi connectivity index (χ3v) is 2.26. The molecule has 13 heavy (non-hydrogen) atoms. The maximum Gasteiger partial charge on any atom is 0.240 e. The fraction of sp³-hybridized carbons (Fsp3) is 0.889. The highest BCUT2D eigenvalue weighted by Crippen LogP contribution is 2.32. The molecular weight excluding hydrogens is 166 g/mol. The summed E-state index contributed by atoms with van der Waals surface area (Å²) in [6.07, 6.45) is 1.65. The minimum absolute atomic E-state index is 0.00171. The molecule has 1 atom stereocenters. The molecule has 1 saturated carbocycles. The number of carbonyl (C=O) groups excluding carboxylic acids is 1. The summed E-state index contributed by atoms with van der Waals surface area (Å²) in [5, 5.41) is 2.91. The lowest BCUT2D eigenvalue weighted by Crippen LogP contribution is -2.48. The lowest BCUT2D eigenvalue weighted by molar-refractivity contribution is -0.123. The Balaban J connectivity index is 2.27. The number of likely N-dealkylation sites (N-methyl/N-ethyl adjacent to an activating group) is 1. The first kappa shape index (κ1) is 10.5. The van der Waals surface area contributed by atoms with E-state index in [1.54, 1.807) is 0 Å². The van der Waals surface area contributed by atoms with E-state index in [-0.39, 0.29) is 11.9 Å². The Hall–Kier alpha value is -0.610. The number of amides is 1. The zero-order chi connectivity index (χ0) is 10.1. The van der Waals surface area contributed by atoms with Gasteiger partial charge in [-0.2, -0.15) is 0 Å². The molecule has 0 radical (unpaired) electrons. The number of nitrogens with zero attached hydrogens (tertiary/aromatic N) is 1. The monoisotopic (exact) mass is 185 g/mol. The molecule has 0 aromatic rings. The number of nitrogens with two attached hydrogens (primary N) is 1. The largest absolute Gasteiger partial charge is 0.351 e. The van der Waals surface area contributed by atoms with Crippen LogP contribution in [-0.2, 0) is 4.79 Å². The summed E-state index contributed by atoms with van der Waals surface area (Å²) in [7, 11) is 3.97. The van der Waals surface area contributed by atoms with E-state index in [2.05, 4.69) is 5.32 Å². The summed E-state index contributed by atoms with van der Waals surface area (Å²) in [6.45, 7) is 2.84. The summed E-state index contributed by atoms with van der Waals surface area (Å²) in [5.41, 5.74) is 5.20. The zero-order valence-electron chi connectivity index (χ0n) is 8.63. The predicted molar refractivity (Wildman–Crippen MR) is 52.3 cm³/mol. The van der Waals surface area contributed by atoms with Crippen molar-refractivity contribution in [2.45, 2.75) is 31.3 Å². The van der Waals surface area contributed by atoms with Crippen LogP contribution in [0.2, 0.25) is 0 Å². The van der Waals surface area contributed by atoms with E-state index in [4.69, 9.17) is 5.73 Å². The van der Waals surface area contributed by atoms with E-state index < -0.39 is 5.54 Å². The van der Waals surface area contributed by atoms with Gasteiger partial charge in [-0.15, -0.1) is 0 Å². The Morgan fingerprint density at radius 1 is 1.62 bits per heavy atom. The first-order valence-electron chi connectivity index (χ1n) is 4.68. The van der Waals surface area contributed by atoms with Gasteiger partial charge in [-0.25, -0.2) is 0 Å². The quantitative estimate of drug-likeness (QED) is 0.623. The second-order valence-electron chi connectivity index (χ2n) is 4.29. The van der Waals surface area contributed by atoms with Crippen LogP contribution in [-0.4, -0.2) is 43.0 Å². The molecule has 1 unspecified atom stereocenters. The van der Waals surface area contributed by atoms with Crippen LogP contribution in [0.25, 0.3) is 0 Å². The summed E-state index contributed by atoms with van der Waals surface area (Å²) in [4.78, 5) is 13.5. The highest BCUT2D eigenvalue weighted by Gasteiger charge is 2.46. The fourth-order valence-corrected chi connectivity index (χ4v) is 1.32. The van der Waals surface area contributed by atoms with Crippen molar-refractivity contribution in [2.75, 3.05) is 20.6 Å². The number of nitrogens with one attached hydrogen (secondary N) is 1. The van der Waals surface area contributed by atoms with Gasteiger partial charge in [0.1, 0.15) is 0 Å². The van der Waals surface area contributed by atoms with Crippen molar-refractivity contribution in [1.29, 1.82) is 0 Å². The van der Waals surface area contributed by atoms with Gasteiger partial charge in [0.25, 0.3) is 0 Å². The minimum Gasteiger partial charge on any atom is -0.351 e. The highest BCUT2D eigenvalue weighted by atomic mass is 16.2. The van der Waals surface area contributed by atoms with Crippen molar-refractivity contribution >= 4 is 5.91 Å². The molecule has 0 aromatic carbocycles. The summed E-state index contributed by atoms with van der Waals surface area (Å²) < 4.78 is 0. The molecule has 1 aliphatic carbocycles. The van der Waals surface area contributed by atoms with Gasteiger partial charge in [0, 0.05) is 12.6 Å². The molecule has 0 heterocycles.